The molecule has 20 heavy (non-hydrogen) atoms. The average molecular weight is 279 g/mol. The molecule has 0 aliphatic carbocycles. The van der Waals surface area contributed by atoms with Gasteiger partial charge in [-0.05, 0) is 37.6 Å². The van der Waals surface area contributed by atoms with Crippen LogP contribution in [0.3, 0.4) is 0 Å². The molecular formula is C16H19F2NO. The minimum absolute atomic E-state index is 0.159. The predicted octanol–water partition coefficient (Wildman–Crippen LogP) is 4.99. The van der Waals surface area contributed by atoms with E-state index in [2.05, 4.69) is 9.72 Å². The van der Waals surface area contributed by atoms with Gasteiger partial charge in [0.2, 0.25) is 0 Å². The van der Waals surface area contributed by atoms with Crippen LogP contribution >= 0.6 is 0 Å². The zero-order chi connectivity index (χ0) is 15.1. The van der Waals surface area contributed by atoms with Crippen LogP contribution < -0.4 is 4.74 Å². The molecule has 1 aromatic carbocycles. The van der Waals surface area contributed by atoms with Crippen molar-refractivity contribution in [2.75, 3.05) is 0 Å². The smallest absolute Gasteiger partial charge is 0.387 e. The molecule has 0 bridgehead atoms. The van der Waals surface area contributed by atoms with E-state index < -0.39 is 6.61 Å². The molecule has 0 aliphatic heterocycles. The van der Waals surface area contributed by atoms with E-state index in [0.29, 0.717) is 0 Å². The van der Waals surface area contributed by atoms with Crippen molar-refractivity contribution in [3.63, 3.8) is 0 Å². The summed E-state index contributed by atoms with van der Waals surface area (Å²) in [4.78, 5) is 4.37. The number of hydrogen-bond acceptors (Lipinski definition) is 2. The van der Waals surface area contributed by atoms with Crippen LogP contribution in [0.25, 0.3) is 11.1 Å². The van der Waals surface area contributed by atoms with E-state index in [0.717, 1.165) is 22.5 Å². The Balaban J connectivity index is 0.000000956. The van der Waals surface area contributed by atoms with E-state index in [9.17, 15) is 8.78 Å². The Morgan fingerprint density at radius 2 is 1.55 bits per heavy atom. The fourth-order valence-corrected chi connectivity index (χ4v) is 1.81. The summed E-state index contributed by atoms with van der Waals surface area (Å²) in [6, 6.07) is 10.4. The summed E-state index contributed by atoms with van der Waals surface area (Å²) in [6.45, 7) is 5.06. The molecule has 0 saturated carbocycles. The van der Waals surface area contributed by atoms with Crippen LogP contribution in [0.5, 0.6) is 5.75 Å². The molecule has 0 saturated heterocycles. The van der Waals surface area contributed by atoms with E-state index in [-0.39, 0.29) is 5.75 Å². The molecule has 0 amide bonds. The van der Waals surface area contributed by atoms with Gasteiger partial charge in [0.25, 0.3) is 0 Å². The van der Waals surface area contributed by atoms with Crippen LogP contribution in [-0.2, 0) is 0 Å². The molecule has 2 nitrogen and oxygen atoms in total. The van der Waals surface area contributed by atoms with Gasteiger partial charge >= 0.3 is 6.61 Å². The Hall–Kier alpha value is -1.97. The lowest BCUT2D eigenvalue weighted by atomic mass is 10.0. The van der Waals surface area contributed by atoms with Crippen LogP contribution in [0.2, 0.25) is 0 Å². The van der Waals surface area contributed by atoms with Gasteiger partial charge in [0.1, 0.15) is 5.75 Å². The summed E-state index contributed by atoms with van der Waals surface area (Å²) in [6.07, 6.45) is 0. The van der Waals surface area contributed by atoms with Gasteiger partial charge in [0, 0.05) is 17.0 Å². The Morgan fingerprint density at radius 1 is 0.950 bits per heavy atom. The fourth-order valence-electron chi connectivity index (χ4n) is 1.81. The van der Waals surface area contributed by atoms with Crippen LogP contribution in [0.15, 0.2) is 36.4 Å². The van der Waals surface area contributed by atoms with Crippen molar-refractivity contribution in [2.45, 2.75) is 34.3 Å². The van der Waals surface area contributed by atoms with Gasteiger partial charge in [-0.15, -0.1) is 0 Å². The summed E-state index contributed by atoms with van der Waals surface area (Å²) in [7, 11) is 0. The van der Waals surface area contributed by atoms with Gasteiger partial charge in [-0.2, -0.15) is 8.78 Å². The number of pyridine rings is 1. The highest BCUT2D eigenvalue weighted by Crippen LogP contribution is 2.25. The molecule has 108 valence electrons. The SMILES string of the molecule is CC.Cc1ccc(-c2ccc(OC(F)F)cc2)c(C)n1. The molecule has 2 rings (SSSR count). The third-order valence-corrected chi connectivity index (χ3v) is 2.62. The number of benzene rings is 1. The van der Waals surface area contributed by atoms with Crippen LogP contribution in [0.1, 0.15) is 25.2 Å². The first-order valence-corrected chi connectivity index (χ1v) is 6.56. The van der Waals surface area contributed by atoms with E-state index in [1.165, 1.54) is 12.1 Å². The molecule has 4 heteroatoms. The van der Waals surface area contributed by atoms with Crippen molar-refractivity contribution in [2.24, 2.45) is 0 Å². The number of hydrogen-bond donors (Lipinski definition) is 0. The third kappa shape index (κ3) is 4.30. The summed E-state index contributed by atoms with van der Waals surface area (Å²) < 4.78 is 28.3. The number of ether oxygens (including phenoxy) is 1. The topological polar surface area (TPSA) is 22.1 Å². The molecule has 0 radical (unpaired) electrons. The molecule has 2 aromatic rings. The second kappa shape index (κ2) is 7.58. The van der Waals surface area contributed by atoms with Crippen LogP contribution in [-0.4, -0.2) is 11.6 Å². The summed E-state index contributed by atoms with van der Waals surface area (Å²) in [5, 5.41) is 0. The summed E-state index contributed by atoms with van der Waals surface area (Å²) in [5.74, 6) is 0.159. The zero-order valence-electron chi connectivity index (χ0n) is 12.2. The van der Waals surface area contributed by atoms with Gasteiger partial charge in [-0.1, -0.05) is 32.0 Å². The van der Waals surface area contributed by atoms with Crippen molar-refractivity contribution in [3.05, 3.63) is 47.8 Å². The number of alkyl halides is 2. The van der Waals surface area contributed by atoms with Crippen molar-refractivity contribution in [3.8, 4) is 16.9 Å². The lowest BCUT2D eigenvalue weighted by Gasteiger charge is -2.08. The number of aryl methyl sites for hydroxylation is 2. The van der Waals surface area contributed by atoms with E-state index in [1.807, 2.05) is 39.8 Å². The normalized spacial score (nSPS) is 9.95. The first-order chi connectivity index (χ1) is 9.56. The Labute approximate surface area is 118 Å². The molecule has 0 N–H and O–H groups in total. The van der Waals surface area contributed by atoms with E-state index in [1.54, 1.807) is 12.1 Å². The number of rotatable bonds is 3. The minimum atomic E-state index is -2.79. The predicted molar refractivity (Wildman–Crippen MR) is 77.1 cm³/mol. The molecular weight excluding hydrogens is 260 g/mol. The van der Waals surface area contributed by atoms with Crippen LogP contribution in [0.4, 0.5) is 8.78 Å². The first kappa shape index (κ1) is 16.1. The molecule has 1 aromatic heterocycles. The Kier molecular flexibility index (Phi) is 6.10. The van der Waals surface area contributed by atoms with Gasteiger partial charge in [-0.25, -0.2) is 0 Å². The Bertz CT molecular complexity index is 539. The quantitative estimate of drug-likeness (QED) is 0.789. The molecule has 0 aliphatic rings. The summed E-state index contributed by atoms with van der Waals surface area (Å²) in [5.41, 5.74) is 3.79. The largest absolute Gasteiger partial charge is 0.435 e. The highest BCUT2D eigenvalue weighted by Gasteiger charge is 2.06. The second-order valence-corrected chi connectivity index (χ2v) is 3.99. The van der Waals surface area contributed by atoms with Gasteiger partial charge in [0.15, 0.2) is 0 Å². The lowest BCUT2D eigenvalue weighted by Crippen LogP contribution is -2.01. The van der Waals surface area contributed by atoms with Crippen molar-refractivity contribution < 1.29 is 13.5 Å². The zero-order valence-corrected chi connectivity index (χ0v) is 12.2. The molecule has 0 spiro atoms. The van der Waals surface area contributed by atoms with Gasteiger partial charge in [-0.3, -0.25) is 4.98 Å². The van der Waals surface area contributed by atoms with Gasteiger partial charge in [0.05, 0.1) is 0 Å². The maximum atomic E-state index is 12.0. The number of halogens is 2. The maximum Gasteiger partial charge on any atom is 0.387 e. The van der Waals surface area contributed by atoms with Crippen molar-refractivity contribution in [1.82, 2.24) is 4.98 Å². The first-order valence-electron chi connectivity index (χ1n) is 6.56. The summed E-state index contributed by atoms with van der Waals surface area (Å²) >= 11 is 0. The van der Waals surface area contributed by atoms with E-state index >= 15 is 0 Å². The molecule has 1 heterocycles. The van der Waals surface area contributed by atoms with E-state index in [4.69, 9.17) is 0 Å². The minimum Gasteiger partial charge on any atom is -0.435 e. The van der Waals surface area contributed by atoms with Gasteiger partial charge < -0.3 is 4.74 Å². The second-order valence-electron chi connectivity index (χ2n) is 3.99. The van der Waals surface area contributed by atoms with Crippen molar-refractivity contribution >= 4 is 0 Å². The van der Waals surface area contributed by atoms with Crippen LogP contribution in [0, 0.1) is 13.8 Å². The maximum absolute atomic E-state index is 12.0. The average Bonchev–Trinajstić information content (AvgIpc) is 2.42. The number of aromatic nitrogens is 1. The molecule has 0 unspecified atom stereocenters. The molecule has 0 atom stereocenters. The fraction of sp³-hybridized carbons (Fsp3) is 0.312. The Morgan fingerprint density at radius 3 is 2.05 bits per heavy atom. The standard InChI is InChI=1S/C14H13F2NO.C2H6/c1-9-3-8-13(10(2)17-9)11-4-6-12(7-5-11)18-14(15)16;1-2/h3-8,14H,1-2H3;1-2H3. The van der Waals surface area contributed by atoms with Crippen molar-refractivity contribution in [1.29, 1.82) is 0 Å². The highest BCUT2D eigenvalue weighted by atomic mass is 19.3. The highest BCUT2D eigenvalue weighted by molar-refractivity contribution is 5.66. The lowest BCUT2D eigenvalue weighted by molar-refractivity contribution is -0.0498. The third-order valence-electron chi connectivity index (χ3n) is 2.62. The molecule has 0 fully saturated rings. The monoisotopic (exact) mass is 279 g/mol. The number of nitrogens with zero attached hydrogens (tertiary/aromatic N) is 1.